The van der Waals surface area contributed by atoms with Crippen LogP contribution in [0.25, 0.3) is 10.9 Å². The third kappa shape index (κ3) is 4.12. The number of benzene rings is 2. The number of hydrogen-bond donors (Lipinski definition) is 2. The maximum absolute atomic E-state index is 13.7. The van der Waals surface area contributed by atoms with Gasteiger partial charge >= 0.3 is 5.97 Å². The number of H-pyrrole nitrogens is 1. The molecule has 2 N–H and O–H groups in total. The van der Waals surface area contributed by atoms with Crippen LogP contribution < -0.4 is 25.3 Å². The maximum Gasteiger partial charge on any atom is 0.312 e. The van der Waals surface area contributed by atoms with E-state index in [2.05, 4.69) is 4.98 Å². The van der Waals surface area contributed by atoms with Gasteiger partial charge in [-0.15, -0.1) is 0 Å². The number of nitrogens with one attached hydrogen (secondary N) is 1. The number of fused-ring (bicyclic) bond motifs is 3. The Labute approximate surface area is 210 Å². The van der Waals surface area contributed by atoms with Crippen LogP contribution in [0.1, 0.15) is 34.7 Å². The summed E-state index contributed by atoms with van der Waals surface area (Å²) in [6.07, 6.45) is 0.441. The molecule has 0 bridgehead atoms. The minimum atomic E-state index is -0.759. The SMILES string of the molecule is Cc1cc2c(c(=O)n1CCc1ccc(O)cc1)[C@@H](c1cc3cc4c(cc3[nH]c1=O)OCCO4)CC(=O)O2. The Morgan fingerprint density at radius 1 is 0.973 bits per heavy atom. The second-order valence-electron chi connectivity index (χ2n) is 9.30. The molecule has 37 heavy (non-hydrogen) atoms. The highest BCUT2D eigenvalue weighted by molar-refractivity contribution is 5.84. The van der Waals surface area contributed by atoms with Crippen LogP contribution >= 0.6 is 0 Å². The smallest absolute Gasteiger partial charge is 0.312 e. The first-order valence-electron chi connectivity index (χ1n) is 12.1. The Bertz CT molecular complexity index is 1670. The number of hydrogen-bond acceptors (Lipinski definition) is 7. The normalized spacial score (nSPS) is 16.4. The Morgan fingerprint density at radius 3 is 2.46 bits per heavy atom. The average Bonchev–Trinajstić information content (AvgIpc) is 2.87. The summed E-state index contributed by atoms with van der Waals surface area (Å²) < 4.78 is 18.4. The summed E-state index contributed by atoms with van der Waals surface area (Å²) in [5, 5.41) is 10.2. The summed E-state index contributed by atoms with van der Waals surface area (Å²) in [6.45, 7) is 3.03. The fourth-order valence-corrected chi connectivity index (χ4v) is 5.06. The quantitative estimate of drug-likeness (QED) is 0.413. The molecule has 2 aromatic heterocycles. The van der Waals surface area contributed by atoms with E-state index in [1.54, 1.807) is 60.0 Å². The van der Waals surface area contributed by atoms with E-state index in [1.165, 1.54) is 0 Å². The van der Waals surface area contributed by atoms with Gasteiger partial charge in [0.05, 0.1) is 17.5 Å². The van der Waals surface area contributed by atoms with Gasteiger partial charge in [0, 0.05) is 41.2 Å². The molecular formula is C28H24N2O7. The number of pyridine rings is 2. The van der Waals surface area contributed by atoms with Crippen molar-refractivity contribution < 1.29 is 24.1 Å². The van der Waals surface area contributed by atoms with Crippen LogP contribution in [0, 0.1) is 6.92 Å². The van der Waals surface area contributed by atoms with Crippen molar-refractivity contribution in [2.24, 2.45) is 0 Å². The highest BCUT2D eigenvalue weighted by atomic mass is 16.6. The van der Waals surface area contributed by atoms with Gasteiger partial charge in [0.15, 0.2) is 11.5 Å². The Balaban J connectivity index is 1.43. The molecule has 9 heteroatoms. The predicted molar refractivity (Wildman–Crippen MR) is 135 cm³/mol. The lowest BCUT2D eigenvalue weighted by Crippen LogP contribution is -2.35. The van der Waals surface area contributed by atoms with Crippen molar-refractivity contribution in [3.05, 3.63) is 91.6 Å². The van der Waals surface area contributed by atoms with E-state index in [0.717, 1.165) is 5.56 Å². The van der Waals surface area contributed by atoms with Crippen LogP contribution in [0.2, 0.25) is 0 Å². The zero-order valence-electron chi connectivity index (χ0n) is 20.1. The molecule has 0 spiro atoms. The first kappa shape index (κ1) is 22.9. The lowest BCUT2D eigenvalue weighted by molar-refractivity contribution is -0.135. The number of aromatic amines is 1. The number of esters is 1. The van der Waals surface area contributed by atoms with Gasteiger partial charge in [-0.2, -0.15) is 0 Å². The summed E-state index contributed by atoms with van der Waals surface area (Å²) in [7, 11) is 0. The van der Waals surface area contributed by atoms with E-state index < -0.39 is 11.9 Å². The number of aromatic nitrogens is 2. The van der Waals surface area contributed by atoms with Crippen molar-refractivity contribution >= 4 is 16.9 Å². The van der Waals surface area contributed by atoms with Gasteiger partial charge in [0.1, 0.15) is 24.7 Å². The van der Waals surface area contributed by atoms with Crippen LogP contribution in [-0.4, -0.2) is 33.8 Å². The van der Waals surface area contributed by atoms with Crippen molar-refractivity contribution in [2.45, 2.75) is 32.2 Å². The number of carbonyl (C=O) groups excluding carboxylic acids is 1. The number of aromatic hydroxyl groups is 1. The molecule has 4 aromatic rings. The molecule has 6 rings (SSSR count). The topological polar surface area (TPSA) is 120 Å². The van der Waals surface area contributed by atoms with Crippen LogP contribution in [0.3, 0.4) is 0 Å². The van der Waals surface area contributed by atoms with Crippen molar-refractivity contribution in [2.75, 3.05) is 13.2 Å². The molecule has 1 atom stereocenters. The van der Waals surface area contributed by atoms with Crippen molar-refractivity contribution in [3.63, 3.8) is 0 Å². The molecule has 0 unspecified atom stereocenters. The first-order chi connectivity index (χ1) is 17.9. The minimum absolute atomic E-state index is 0.123. The van der Waals surface area contributed by atoms with Crippen molar-refractivity contribution in [3.8, 4) is 23.0 Å². The van der Waals surface area contributed by atoms with Crippen LogP contribution in [0.5, 0.6) is 23.0 Å². The number of ether oxygens (including phenoxy) is 3. The monoisotopic (exact) mass is 500 g/mol. The molecule has 4 heterocycles. The molecule has 9 nitrogen and oxygen atoms in total. The number of carbonyl (C=O) groups is 1. The molecule has 0 saturated carbocycles. The van der Waals surface area contributed by atoms with Crippen LogP contribution in [0.4, 0.5) is 0 Å². The molecule has 2 aliphatic heterocycles. The molecule has 2 aromatic carbocycles. The standard InChI is InChI=1S/C28H24N2O7/c1-15-10-24-26(28(34)30(15)7-6-16-2-4-18(31)5-3-16)19(13-25(32)37-24)20-11-17-12-22-23(36-9-8-35-22)14-21(17)29-27(20)33/h2-5,10-12,14,19,31H,6-9,13H2,1H3,(H,29,33)/t19-/m1/s1. The summed E-state index contributed by atoms with van der Waals surface area (Å²) >= 11 is 0. The number of aryl methyl sites for hydroxylation is 2. The molecule has 0 aliphatic carbocycles. The highest BCUT2D eigenvalue weighted by Crippen LogP contribution is 2.38. The van der Waals surface area contributed by atoms with Gasteiger partial charge in [-0.3, -0.25) is 14.4 Å². The van der Waals surface area contributed by atoms with Gasteiger partial charge in [-0.1, -0.05) is 12.1 Å². The van der Waals surface area contributed by atoms with E-state index >= 15 is 0 Å². The Kier molecular flexibility index (Phi) is 5.48. The first-order valence-corrected chi connectivity index (χ1v) is 12.1. The number of nitrogens with zero attached hydrogens (tertiary/aromatic N) is 1. The molecule has 0 fully saturated rings. The minimum Gasteiger partial charge on any atom is -0.508 e. The van der Waals surface area contributed by atoms with Gasteiger partial charge in [-0.25, -0.2) is 0 Å². The zero-order chi connectivity index (χ0) is 25.7. The highest BCUT2D eigenvalue weighted by Gasteiger charge is 2.34. The maximum atomic E-state index is 13.7. The van der Waals surface area contributed by atoms with Crippen molar-refractivity contribution in [1.82, 2.24) is 9.55 Å². The summed E-state index contributed by atoms with van der Waals surface area (Å²) in [6, 6.07) is 13.7. The van der Waals surface area contributed by atoms with E-state index in [-0.39, 0.29) is 29.0 Å². The third-order valence-electron chi connectivity index (χ3n) is 6.92. The van der Waals surface area contributed by atoms with E-state index in [4.69, 9.17) is 14.2 Å². The molecule has 188 valence electrons. The Hall–Kier alpha value is -4.53. The predicted octanol–water partition coefficient (Wildman–Crippen LogP) is 3.16. The largest absolute Gasteiger partial charge is 0.508 e. The number of rotatable bonds is 4. The fraction of sp³-hybridized carbons (Fsp3) is 0.250. The molecule has 0 saturated heterocycles. The second kappa shape index (κ2) is 8.85. The molecule has 2 aliphatic rings. The van der Waals surface area contributed by atoms with Crippen molar-refractivity contribution in [1.29, 1.82) is 0 Å². The van der Waals surface area contributed by atoms with E-state index in [1.807, 2.05) is 0 Å². The zero-order valence-corrected chi connectivity index (χ0v) is 20.1. The third-order valence-corrected chi connectivity index (χ3v) is 6.92. The average molecular weight is 501 g/mol. The van der Waals surface area contributed by atoms with Gasteiger partial charge in [0.25, 0.3) is 11.1 Å². The van der Waals surface area contributed by atoms with Gasteiger partial charge in [0.2, 0.25) is 0 Å². The molecular weight excluding hydrogens is 476 g/mol. The second-order valence-corrected chi connectivity index (χ2v) is 9.30. The van der Waals surface area contributed by atoms with Crippen LogP contribution in [-0.2, 0) is 17.8 Å². The fourth-order valence-electron chi connectivity index (χ4n) is 5.06. The molecule has 0 amide bonds. The number of phenolic OH excluding ortho intramolecular Hbond substituents is 1. The number of phenols is 1. The lowest BCUT2D eigenvalue weighted by atomic mass is 9.87. The summed E-state index contributed by atoms with van der Waals surface area (Å²) in [5.74, 6) is 0.237. The van der Waals surface area contributed by atoms with Crippen LogP contribution in [0.15, 0.2) is 58.1 Å². The Morgan fingerprint density at radius 2 is 1.70 bits per heavy atom. The lowest BCUT2D eigenvalue weighted by Gasteiger charge is -2.26. The van der Waals surface area contributed by atoms with Gasteiger partial charge < -0.3 is 28.9 Å². The molecule has 0 radical (unpaired) electrons. The van der Waals surface area contributed by atoms with E-state index in [9.17, 15) is 19.5 Å². The van der Waals surface area contributed by atoms with E-state index in [0.29, 0.717) is 65.4 Å². The summed E-state index contributed by atoms with van der Waals surface area (Å²) in [4.78, 5) is 42.4. The van der Waals surface area contributed by atoms with Gasteiger partial charge in [-0.05, 0) is 43.2 Å². The summed E-state index contributed by atoms with van der Waals surface area (Å²) in [5.41, 5.74) is 2.11.